The van der Waals surface area contributed by atoms with Gasteiger partial charge in [0.05, 0.1) is 10.7 Å². The molecule has 1 aromatic carbocycles. The third-order valence-corrected chi connectivity index (χ3v) is 3.57. The van der Waals surface area contributed by atoms with Gasteiger partial charge in [0.1, 0.15) is 6.54 Å². The van der Waals surface area contributed by atoms with Gasteiger partial charge in [0.25, 0.3) is 0 Å². The van der Waals surface area contributed by atoms with Crippen LogP contribution >= 0.6 is 28.3 Å². The fourth-order valence-corrected chi connectivity index (χ4v) is 2.42. The second-order valence-electron chi connectivity index (χ2n) is 4.76. The molecule has 5 nitrogen and oxygen atoms in total. The molecule has 120 valence electrons. The molecule has 1 aromatic heterocycles. The molecule has 2 aromatic rings. The van der Waals surface area contributed by atoms with E-state index in [0.29, 0.717) is 19.6 Å². The molecule has 2 N–H and O–H groups in total. The summed E-state index contributed by atoms with van der Waals surface area (Å²) in [6, 6.07) is 10.1. The van der Waals surface area contributed by atoms with Crippen molar-refractivity contribution in [3.05, 3.63) is 52.8 Å². The van der Waals surface area contributed by atoms with Crippen molar-refractivity contribution in [3.8, 4) is 0 Å². The van der Waals surface area contributed by atoms with Crippen LogP contribution in [0.15, 0.2) is 47.2 Å². The molecule has 1 heterocycles. The second kappa shape index (κ2) is 9.61. The summed E-state index contributed by atoms with van der Waals surface area (Å²) in [6.07, 6.45) is 4.29. The maximum absolute atomic E-state index is 12.3. The predicted molar refractivity (Wildman–Crippen MR) is 93.0 cm³/mol. The summed E-state index contributed by atoms with van der Waals surface area (Å²) in [5.74, 6) is 0.0342. The van der Waals surface area contributed by atoms with Crippen molar-refractivity contribution in [1.29, 1.82) is 0 Å². The van der Waals surface area contributed by atoms with Crippen LogP contribution in [-0.2, 0) is 17.8 Å². The number of carbonyl (C=O) groups excluding carboxylic acids is 1. The topological polar surface area (TPSA) is 64.2 Å². The van der Waals surface area contributed by atoms with Gasteiger partial charge in [0.15, 0.2) is 0 Å². The van der Waals surface area contributed by atoms with Crippen molar-refractivity contribution in [2.45, 2.75) is 13.0 Å². The highest BCUT2D eigenvalue weighted by Crippen LogP contribution is 2.07. The quantitative estimate of drug-likeness (QED) is 0.791. The van der Waals surface area contributed by atoms with Gasteiger partial charge in [-0.1, -0.05) is 30.3 Å². The maximum atomic E-state index is 12.3. The molecule has 0 atom stereocenters. The first-order chi connectivity index (χ1) is 10.2. The molecule has 0 bridgehead atoms. The molecule has 0 radical (unpaired) electrons. The van der Waals surface area contributed by atoms with Crippen LogP contribution < -0.4 is 5.73 Å². The van der Waals surface area contributed by atoms with Crippen LogP contribution in [-0.4, -0.2) is 40.2 Å². The van der Waals surface area contributed by atoms with E-state index in [4.69, 9.17) is 5.73 Å². The molecule has 0 aliphatic heterocycles. The monoisotopic (exact) mass is 386 g/mol. The Labute approximate surface area is 145 Å². The van der Waals surface area contributed by atoms with Crippen LogP contribution in [0.25, 0.3) is 0 Å². The molecule has 0 spiro atoms. The van der Waals surface area contributed by atoms with Gasteiger partial charge in [-0.05, 0) is 27.9 Å². The van der Waals surface area contributed by atoms with Gasteiger partial charge in [0, 0.05) is 25.8 Å². The average molecular weight is 388 g/mol. The van der Waals surface area contributed by atoms with E-state index >= 15 is 0 Å². The summed E-state index contributed by atoms with van der Waals surface area (Å²) in [7, 11) is 0. The predicted octanol–water partition coefficient (Wildman–Crippen LogP) is 2.10. The number of amides is 1. The van der Waals surface area contributed by atoms with E-state index in [9.17, 15) is 4.79 Å². The van der Waals surface area contributed by atoms with E-state index < -0.39 is 0 Å². The summed E-state index contributed by atoms with van der Waals surface area (Å²) in [5, 5.41) is 4.11. The summed E-state index contributed by atoms with van der Waals surface area (Å²) in [6.45, 7) is 1.93. The number of carbonyl (C=O) groups is 1. The number of nitrogens with zero attached hydrogens (tertiary/aromatic N) is 3. The summed E-state index contributed by atoms with van der Waals surface area (Å²) in [4.78, 5) is 14.1. The Morgan fingerprint density at radius 3 is 2.59 bits per heavy atom. The number of hydrogen-bond acceptors (Lipinski definition) is 3. The first-order valence-electron chi connectivity index (χ1n) is 6.89. The van der Waals surface area contributed by atoms with Crippen LogP contribution in [0.5, 0.6) is 0 Å². The molecule has 0 aliphatic carbocycles. The summed E-state index contributed by atoms with van der Waals surface area (Å²) in [5.41, 5.74) is 6.83. The molecular weight excluding hydrogens is 368 g/mol. The van der Waals surface area contributed by atoms with E-state index in [1.807, 2.05) is 18.2 Å². The highest BCUT2D eigenvalue weighted by Gasteiger charge is 2.13. The Morgan fingerprint density at radius 1 is 1.27 bits per heavy atom. The zero-order chi connectivity index (χ0) is 15.1. The first kappa shape index (κ1) is 18.7. The molecule has 2 rings (SSSR count). The smallest absolute Gasteiger partial charge is 0.244 e. The van der Waals surface area contributed by atoms with Gasteiger partial charge in [-0.3, -0.25) is 9.48 Å². The zero-order valence-electron chi connectivity index (χ0n) is 12.2. The number of hydrogen-bond donors (Lipinski definition) is 1. The Hall–Kier alpha value is -1.37. The van der Waals surface area contributed by atoms with Crippen LogP contribution in [0.4, 0.5) is 0 Å². The van der Waals surface area contributed by atoms with Crippen LogP contribution in [0.1, 0.15) is 5.56 Å². The maximum Gasteiger partial charge on any atom is 0.244 e. The van der Waals surface area contributed by atoms with Crippen molar-refractivity contribution < 1.29 is 4.79 Å². The van der Waals surface area contributed by atoms with Gasteiger partial charge < -0.3 is 10.6 Å². The molecule has 22 heavy (non-hydrogen) atoms. The number of nitrogens with two attached hydrogens (primary N) is 1. The Morgan fingerprint density at radius 2 is 2.00 bits per heavy atom. The van der Waals surface area contributed by atoms with E-state index in [1.165, 1.54) is 5.56 Å². The highest BCUT2D eigenvalue weighted by molar-refractivity contribution is 9.10. The average Bonchev–Trinajstić information content (AvgIpc) is 2.89. The van der Waals surface area contributed by atoms with E-state index in [-0.39, 0.29) is 24.9 Å². The van der Waals surface area contributed by atoms with Crippen molar-refractivity contribution in [1.82, 2.24) is 14.7 Å². The molecule has 0 saturated heterocycles. The number of aromatic nitrogens is 2. The minimum atomic E-state index is 0. The second-order valence-corrected chi connectivity index (χ2v) is 5.68. The molecule has 0 aliphatic rings. The molecule has 0 unspecified atom stereocenters. The summed E-state index contributed by atoms with van der Waals surface area (Å²) < 4.78 is 2.49. The molecule has 1 amide bonds. The van der Waals surface area contributed by atoms with Crippen molar-refractivity contribution >= 4 is 34.2 Å². The molecule has 7 heteroatoms. The Balaban J connectivity index is 0.00000242. The number of rotatable bonds is 7. The van der Waals surface area contributed by atoms with Gasteiger partial charge in [-0.25, -0.2) is 0 Å². The van der Waals surface area contributed by atoms with Crippen molar-refractivity contribution in [2.75, 3.05) is 19.6 Å². The highest BCUT2D eigenvalue weighted by atomic mass is 79.9. The van der Waals surface area contributed by atoms with E-state index in [2.05, 4.69) is 33.2 Å². The molecular formula is C15H20BrClN4O. The summed E-state index contributed by atoms with van der Waals surface area (Å²) >= 11 is 3.32. The van der Waals surface area contributed by atoms with Gasteiger partial charge >= 0.3 is 0 Å². The Kier molecular flexibility index (Phi) is 8.16. The van der Waals surface area contributed by atoms with Crippen LogP contribution in [0, 0.1) is 0 Å². The van der Waals surface area contributed by atoms with Crippen LogP contribution in [0.2, 0.25) is 0 Å². The number of halogens is 2. The van der Waals surface area contributed by atoms with Gasteiger partial charge in [-0.2, -0.15) is 5.10 Å². The standard InChI is InChI=1S/C15H19BrN4O.ClH/c16-14-10-18-20(11-14)12-15(21)19(9-7-17)8-6-13-4-2-1-3-5-13;/h1-5,10-11H,6-9,12,17H2;1H. The van der Waals surface area contributed by atoms with Crippen molar-refractivity contribution in [3.63, 3.8) is 0 Å². The third-order valence-electron chi connectivity index (χ3n) is 3.16. The van der Waals surface area contributed by atoms with Crippen LogP contribution in [0.3, 0.4) is 0 Å². The lowest BCUT2D eigenvalue weighted by Gasteiger charge is -2.22. The SMILES string of the molecule is Cl.NCCN(CCc1ccccc1)C(=O)Cn1cc(Br)cn1. The van der Waals surface area contributed by atoms with Gasteiger partial charge in [-0.15, -0.1) is 12.4 Å². The molecule has 0 fully saturated rings. The lowest BCUT2D eigenvalue weighted by Crippen LogP contribution is -2.39. The van der Waals surface area contributed by atoms with E-state index in [0.717, 1.165) is 10.9 Å². The van der Waals surface area contributed by atoms with Crippen molar-refractivity contribution in [2.24, 2.45) is 5.73 Å². The fourth-order valence-electron chi connectivity index (χ4n) is 2.09. The zero-order valence-corrected chi connectivity index (χ0v) is 14.6. The Bertz CT molecular complexity index is 576. The van der Waals surface area contributed by atoms with Gasteiger partial charge in [0.2, 0.25) is 5.91 Å². The first-order valence-corrected chi connectivity index (χ1v) is 7.68. The number of benzene rings is 1. The largest absolute Gasteiger partial charge is 0.339 e. The third kappa shape index (κ3) is 5.79. The fraction of sp³-hybridized carbons (Fsp3) is 0.333. The lowest BCUT2D eigenvalue weighted by atomic mass is 10.1. The molecule has 0 saturated carbocycles. The minimum Gasteiger partial charge on any atom is -0.339 e. The lowest BCUT2D eigenvalue weighted by molar-refractivity contribution is -0.131. The normalized spacial score (nSPS) is 10.1. The minimum absolute atomic E-state index is 0. The van der Waals surface area contributed by atoms with E-state index in [1.54, 1.807) is 22.0 Å².